The minimum absolute atomic E-state index is 0.179. The van der Waals surface area contributed by atoms with Crippen molar-refractivity contribution in [3.63, 3.8) is 0 Å². The van der Waals surface area contributed by atoms with Gasteiger partial charge in [-0.2, -0.15) is 5.26 Å². The second-order valence-corrected chi connectivity index (χ2v) is 9.58. The molecule has 2 aromatic heterocycles. The number of primary amides is 1. The van der Waals surface area contributed by atoms with Gasteiger partial charge in [0, 0.05) is 58.8 Å². The van der Waals surface area contributed by atoms with Gasteiger partial charge in [0.25, 0.3) is 0 Å². The monoisotopic (exact) mass is 530 g/mol. The molecule has 8 nitrogen and oxygen atoms in total. The SMILES string of the molecule is C[C@H](C#N)c1cc(Cl)cc(CNCCCCOCCNc2nc3cc(C(N)=O)ccc3c3cnccc23)c1. The van der Waals surface area contributed by atoms with Gasteiger partial charge in [0.15, 0.2) is 0 Å². The van der Waals surface area contributed by atoms with Crippen molar-refractivity contribution in [1.29, 1.82) is 5.26 Å². The number of nitriles is 1. The Kier molecular flexibility index (Phi) is 9.44. The fourth-order valence-corrected chi connectivity index (χ4v) is 4.53. The van der Waals surface area contributed by atoms with E-state index in [1.54, 1.807) is 24.5 Å². The maximum absolute atomic E-state index is 11.6. The summed E-state index contributed by atoms with van der Waals surface area (Å²) in [5.41, 5.74) is 8.57. The van der Waals surface area contributed by atoms with E-state index in [1.807, 2.05) is 37.3 Å². The minimum atomic E-state index is -0.484. The zero-order valence-electron chi connectivity index (χ0n) is 21.3. The van der Waals surface area contributed by atoms with Gasteiger partial charge >= 0.3 is 0 Å². The Labute approximate surface area is 227 Å². The molecule has 0 aliphatic rings. The van der Waals surface area contributed by atoms with E-state index in [2.05, 4.69) is 21.7 Å². The van der Waals surface area contributed by atoms with E-state index in [-0.39, 0.29) is 5.92 Å². The number of nitrogens with one attached hydrogen (secondary N) is 2. The number of ether oxygens (including phenoxy) is 1. The first-order valence-corrected chi connectivity index (χ1v) is 13.0. The standard InChI is InChI=1S/C29H31ClN6O2/c1-19(16-31)22-12-20(13-23(30)14-22)17-33-7-2-3-10-38-11-9-35-29-25-6-8-34-18-26(25)24-5-4-21(28(32)37)15-27(24)36-29/h4-6,8,12-15,18-19,33H,2-3,7,9-11,17H2,1H3,(H2,32,37)(H,35,36)/t19-/m1/s1. The Hall–Kier alpha value is -3.77. The molecule has 1 atom stereocenters. The van der Waals surface area contributed by atoms with E-state index in [4.69, 9.17) is 32.3 Å². The second kappa shape index (κ2) is 13.2. The number of unbranched alkanes of at least 4 members (excludes halogenated alkanes) is 1. The van der Waals surface area contributed by atoms with Crippen LogP contribution in [0.25, 0.3) is 21.7 Å². The third kappa shape index (κ3) is 6.95. The Bertz CT molecular complexity index is 1470. The first kappa shape index (κ1) is 27.3. The van der Waals surface area contributed by atoms with Crippen molar-refractivity contribution in [2.24, 2.45) is 5.73 Å². The summed E-state index contributed by atoms with van der Waals surface area (Å²) in [6.07, 6.45) is 5.47. The van der Waals surface area contributed by atoms with Crippen molar-refractivity contribution in [1.82, 2.24) is 15.3 Å². The van der Waals surface area contributed by atoms with Crippen LogP contribution in [-0.2, 0) is 11.3 Å². The van der Waals surface area contributed by atoms with E-state index in [1.165, 1.54) is 0 Å². The molecule has 0 spiro atoms. The van der Waals surface area contributed by atoms with Gasteiger partial charge in [-0.25, -0.2) is 4.98 Å². The third-order valence-electron chi connectivity index (χ3n) is 6.31. The highest BCUT2D eigenvalue weighted by molar-refractivity contribution is 6.30. The lowest BCUT2D eigenvalue weighted by Gasteiger charge is -2.12. The number of anilines is 1. The molecular weight excluding hydrogens is 500 g/mol. The molecule has 4 aromatic rings. The molecule has 0 unspecified atom stereocenters. The summed E-state index contributed by atoms with van der Waals surface area (Å²) in [7, 11) is 0. The van der Waals surface area contributed by atoms with Crippen molar-refractivity contribution in [3.05, 3.63) is 76.6 Å². The second-order valence-electron chi connectivity index (χ2n) is 9.14. The van der Waals surface area contributed by atoms with E-state index in [0.29, 0.717) is 42.4 Å². The zero-order valence-corrected chi connectivity index (χ0v) is 22.1. The van der Waals surface area contributed by atoms with Crippen molar-refractivity contribution in [2.75, 3.05) is 31.6 Å². The number of amides is 1. The first-order chi connectivity index (χ1) is 18.5. The highest BCUT2D eigenvalue weighted by atomic mass is 35.5. The summed E-state index contributed by atoms with van der Waals surface area (Å²) in [4.78, 5) is 20.6. The molecule has 4 N–H and O–H groups in total. The molecule has 38 heavy (non-hydrogen) atoms. The third-order valence-corrected chi connectivity index (χ3v) is 6.53. The molecule has 0 bridgehead atoms. The van der Waals surface area contributed by atoms with Crippen molar-refractivity contribution in [2.45, 2.75) is 32.2 Å². The molecule has 4 rings (SSSR count). The van der Waals surface area contributed by atoms with E-state index in [9.17, 15) is 4.79 Å². The minimum Gasteiger partial charge on any atom is -0.380 e. The molecule has 9 heteroatoms. The number of aromatic nitrogens is 2. The van der Waals surface area contributed by atoms with Gasteiger partial charge in [0.1, 0.15) is 5.82 Å². The van der Waals surface area contributed by atoms with E-state index in [0.717, 1.165) is 52.5 Å². The van der Waals surface area contributed by atoms with Crippen molar-refractivity contribution in [3.8, 4) is 6.07 Å². The molecule has 0 saturated carbocycles. The molecule has 2 heterocycles. The van der Waals surface area contributed by atoms with Crippen molar-refractivity contribution < 1.29 is 9.53 Å². The molecular formula is C29H31ClN6O2. The lowest BCUT2D eigenvalue weighted by Crippen LogP contribution is -2.16. The van der Waals surface area contributed by atoms with Gasteiger partial charge in [-0.05, 0) is 67.8 Å². The normalized spacial score (nSPS) is 11.9. The average Bonchev–Trinajstić information content (AvgIpc) is 2.92. The molecule has 0 fully saturated rings. The molecule has 0 saturated heterocycles. The first-order valence-electron chi connectivity index (χ1n) is 12.6. The quantitative estimate of drug-likeness (QED) is 0.161. The highest BCUT2D eigenvalue weighted by Crippen LogP contribution is 2.29. The molecule has 0 aliphatic carbocycles. The van der Waals surface area contributed by atoms with Crippen LogP contribution in [-0.4, -0.2) is 42.2 Å². The number of halogens is 1. The smallest absolute Gasteiger partial charge is 0.248 e. The largest absolute Gasteiger partial charge is 0.380 e. The van der Waals surface area contributed by atoms with Crippen LogP contribution >= 0.6 is 11.6 Å². The number of carbonyl (C=O) groups is 1. The summed E-state index contributed by atoms with van der Waals surface area (Å²) in [6.45, 7) is 5.26. The van der Waals surface area contributed by atoms with Gasteiger partial charge in [-0.3, -0.25) is 9.78 Å². The fourth-order valence-electron chi connectivity index (χ4n) is 4.27. The molecule has 0 aliphatic heterocycles. The number of carbonyl (C=O) groups excluding carboxylic acids is 1. The Morgan fingerprint density at radius 2 is 1.97 bits per heavy atom. The summed E-state index contributed by atoms with van der Waals surface area (Å²) in [5, 5.41) is 19.4. The predicted molar refractivity (Wildman–Crippen MR) is 151 cm³/mol. The van der Waals surface area contributed by atoms with Crippen molar-refractivity contribution >= 4 is 45.0 Å². The molecule has 196 valence electrons. The maximum atomic E-state index is 11.6. The average molecular weight is 531 g/mol. The van der Waals surface area contributed by atoms with Crippen LogP contribution < -0.4 is 16.4 Å². The number of benzene rings is 2. The van der Waals surface area contributed by atoms with Crippen LogP contribution in [0.5, 0.6) is 0 Å². The highest BCUT2D eigenvalue weighted by Gasteiger charge is 2.11. The van der Waals surface area contributed by atoms with Crippen LogP contribution in [0.4, 0.5) is 5.82 Å². The summed E-state index contributed by atoms with van der Waals surface area (Å²) >= 11 is 6.20. The molecule has 0 radical (unpaired) electrons. The van der Waals surface area contributed by atoms with Crippen LogP contribution in [0.2, 0.25) is 5.02 Å². The lowest BCUT2D eigenvalue weighted by atomic mass is 10.0. The number of nitrogens with zero attached hydrogens (tertiary/aromatic N) is 3. The van der Waals surface area contributed by atoms with Gasteiger partial charge in [-0.1, -0.05) is 23.7 Å². The lowest BCUT2D eigenvalue weighted by molar-refractivity contribution is 0.100. The topological polar surface area (TPSA) is 126 Å². The molecule has 1 amide bonds. The van der Waals surface area contributed by atoms with Crippen LogP contribution in [0.1, 0.15) is 47.2 Å². The number of pyridine rings is 2. The van der Waals surface area contributed by atoms with Gasteiger partial charge in [-0.15, -0.1) is 0 Å². The van der Waals surface area contributed by atoms with Crippen LogP contribution in [0.15, 0.2) is 54.9 Å². The predicted octanol–water partition coefficient (Wildman–Crippen LogP) is 5.16. The van der Waals surface area contributed by atoms with Gasteiger partial charge < -0.3 is 21.1 Å². The number of hydrogen-bond acceptors (Lipinski definition) is 7. The van der Waals surface area contributed by atoms with Crippen LogP contribution in [0, 0.1) is 11.3 Å². The molecule has 2 aromatic carbocycles. The number of nitrogens with two attached hydrogens (primary N) is 1. The van der Waals surface area contributed by atoms with E-state index < -0.39 is 5.91 Å². The Balaban J connectivity index is 1.19. The number of hydrogen-bond donors (Lipinski definition) is 3. The summed E-state index contributed by atoms with van der Waals surface area (Å²) in [5.74, 6) is 0.0566. The summed E-state index contributed by atoms with van der Waals surface area (Å²) < 4.78 is 5.80. The van der Waals surface area contributed by atoms with Crippen LogP contribution in [0.3, 0.4) is 0 Å². The fraction of sp³-hybridized carbons (Fsp3) is 0.310. The van der Waals surface area contributed by atoms with E-state index >= 15 is 0 Å². The maximum Gasteiger partial charge on any atom is 0.248 e. The zero-order chi connectivity index (χ0) is 26.9. The number of fused-ring (bicyclic) bond motifs is 3. The Morgan fingerprint density at radius 3 is 2.79 bits per heavy atom. The Morgan fingerprint density at radius 1 is 1.11 bits per heavy atom. The number of rotatable bonds is 13. The summed E-state index contributed by atoms with van der Waals surface area (Å²) in [6, 6.07) is 15.3. The van der Waals surface area contributed by atoms with Gasteiger partial charge in [0.05, 0.1) is 24.1 Å². The van der Waals surface area contributed by atoms with Gasteiger partial charge in [0.2, 0.25) is 5.91 Å².